The first-order valence-electron chi connectivity index (χ1n) is 14.2. The van der Waals surface area contributed by atoms with Crippen LogP contribution in [0.2, 0.25) is 0 Å². The van der Waals surface area contributed by atoms with Crippen LogP contribution in [0.25, 0.3) is 11.1 Å². The number of benzene rings is 2. The van der Waals surface area contributed by atoms with Gasteiger partial charge in [0.15, 0.2) is 0 Å². The number of hydrogen-bond acceptors (Lipinski definition) is 5. The first kappa shape index (κ1) is 27.5. The lowest BCUT2D eigenvalue weighted by Gasteiger charge is -2.33. The van der Waals surface area contributed by atoms with E-state index in [4.69, 9.17) is 0 Å². The summed E-state index contributed by atoms with van der Waals surface area (Å²) in [5, 5.41) is 6.27. The molecule has 0 bridgehead atoms. The number of pyridine rings is 2. The molecule has 2 amide bonds. The van der Waals surface area contributed by atoms with E-state index in [1.54, 1.807) is 0 Å². The van der Waals surface area contributed by atoms with Crippen LogP contribution in [0.15, 0.2) is 104 Å². The van der Waals surface area contributed by atoms with Crippen molar-refractivity contribution in [3.63, 3.8) is 0 Å². The summed E-state index contributed by atoms with van der Waals surface area (Å²) in [6.45, 7) is 5.80. The van der Waals surface area contributed by atoms with E-state index in [9.17, 15) is 4.79 Å². The van der Waals surface area contributed by atoms with Crippen LogP contribution in [-0.2, 0) is 13.1 Å². The number of anilines is 1. The van der Waals surface area contributed by atoms with Crippen LogP contribution < -0.4 is 10.6 Å². The Kier molecular flexibility index (Phi) is 9.87. The molecule has 5 rings (SSSR count). The summed E-state index contributed by atoms with van der Waals surface area (Å²) in [6.07, 6.45) is 10.6. The number of likely N-dealkylation sites (tertiary alicyclic amines) is 1. The Labute approximate surface area is 237 Å². The van der Waals surface area contributed by atoms with E-state index in [0.29, 0.717) is 0 Å². The van der Waals surface area contributed by atoms with Crippen molar-refractivity contribution in [2.24, 2.45) is 0 Å². The van der Waals surface area contributed by atoms with Gasteiger partial charge in [0.25, 0.3) is 0 Å². The average Bonchev–Trinajstić information content (AvgIpc) is 3.00. The Hall–Kier alpha value is -4.07. The van der Waals surface area contributed by atoms with Crippen molar-refractivity contribution in [2.45, 2.75) is 38.4 Å². The second-order valence-electron chi connectivity index (χ2n) is 10.4. The molecule has 1 fully saturated rings. The fourth-order valence-corrected chi connectivity index (χ4v) is 5.34. The molecule has 2 N–H and O–H groups in total. The van der Waals surface area contributed by atoms with Gasteiger partial charge in [0.2, 0.25) is 0 Å². The summed E-state index contributed by atoms with van der Waals surface area (Å²) >= 11 is 0. The number of rotatable bonds is 11. The van der Waals surface area contributed by atoms with E-state index < -0.39 is 0 Å². The van der Waals surface area contributed by atoms with Crippen LogP contribution in [0.5, 0.6) is 0 Å². The molecule has 4 aromatic rings. The van der Waals surface area contributed by atoms with Gasteiger partial charge in [-0.3, -0.25) is 14.9 Å². The van der Waals surface area contributed by atoms with Crippen molar-refractivity contribution in [1.29, 1.82) is 0 Å². The number of amides is 2. The summed E-state index contributed by atoms with van der Waals surface area (Å²) in [6, 6.07) is 26.4. The first-order valence-corrected chi connectivity index (χ1v) is 14.2. The molecular weight excluding hydrogens is 496 g/mol. The Morgan fingerprint density at radius 3 is 2.12 bits per heavy atom. The number of urea groups is 1. The molecule has 0 unspecified atom stereocenters. The summed E-state index contributed by atoms with van der Waals surface area (Å²) in [4.78, 5) is 26.4. The van der Waals surface area contributed by atoms with Crippen LogP contribution in [-0.4, -0.2) is 58.0 Å². The fourth-order valence-electron chi connectivity index (χ4n) is 5.34. The van der Waals surface area contributed by atoms with Gasteiger partial charge in [0, 0.05) is 69.1 Å². The van der Waals surface area contributed by atoms with Crippen LogP contribution in [0, 0.1) is 0 Å². The van der Waals surface area contributed by atoms with E-state index in [1.807, 2.05) is 79.4 Å². The third-order valence-electron chi connectivity index (χ3n) is 7.39. The number of aromatic nitrogens is 2. The minimum Gasteiger partial charge on any atom is -0.335 e. The van der Waals surface area contributed by atoms with E-state index in [1.165, 1.54) is 11.1 Å². The molecule has 1 aliphatic heterocycles. The number of nitrogens with one attached hydrogen (secondary N) is 2. The molecule has 2 aromatic heterocycles. The second-order valence-corrected chi connectivity index (χ2v) is 10.4. The third-order valence-corrected chi connectivity index (χ3v) is 7.39. The molecule has 40 heavy (non-hydrogen) atoms. The van der Waals surface area contributed by atoms with Crippen molar-refractivity contribution in [3.05, 3.63) is 115 Å². The zero-order chi connectivity index (χ0) is 27.4. The Bertz CT molecular complexity index is 1270. The maximum Gasteiger partial charge on any atom is 0.319 e. The van der Waals surface area contributed by atoms with Gasteiger partial charge >= 0.3 is 6.03 Å². The Morgan fingerprint density at radius 1 is 0.825 bits per heavy atom. The standard InChI is InChI=1S/C33H38N6O/c40-33(37-32-14-5-4-13-31(32)29-11-2-1-3-12-29)36-30-15-21-38(22-16-30)19-8-20-39(25-27-9-6-17-34-23-27)26-28-10-7-18-35-24-28/h1-7,9-14,17-18,23-24,30H,8,15-16,19-22,25-26H2,(H2,36,37,40). The van der Waals surface area contributed by atoms with Crippen molar-refractivity contribution in [2.75, 3.05) is 31.5 Å². The van der Waals surface area contributed by atoms with E-state index in [0.717, 1.165) is 75.3 Å². The van der Waals surface area contributed by atoms with Crippen LogP contribution in [0.1, 0.15) is 30.4 Å². The third kappa shape index (κ3) is 8.21. The number of hydrogen-bond donors (Lipinski definition) is 2. The van der Waals surface area contributed by atoms with Crippen LogP contribution >= 0.6 is 0 Å². The van der Waals surface area contributed by atoms with Gasteiger partial charge in [0.05, 0.1) is 5.69 Å². The minimum absolute atomic E-state index is 0.136. The molecule has 0 aliphatic carbocycles. The summed E-state index contributed by atoms with van der Waals surface area (Å²) in [5.41, 5.74) is 5.39. The SMILES string of the molecule is O=C(Nc1ccccc1-c1ccccc1)NC1CCN(CCCN(Cc2cccnc2)Cc2cccnc2)CC1. The first-order chi connectivity index (χ1) is 19.7. The van der Waals surface area contributed by atoms with E-state index in [-0.39, 0.29) is 12.1 Å². The lowest BCUT2D eigenvalue weighted by molar-refractivity contribution is 0.178. The number of piperidine rings is 1. The van der Waals surface area contributed by atoms with Gasteiger partial charge in [-0.1, -0.05) is 60.7 Å². The normalized spacial score (nSPS) is 14.2. The highest BCUT2D eigenvalue weighted by Crippen LogP contribution is 2.27. The Balaban J connectivity index is 1.06. The van der Waals surface area contributed by atoms with Crippen molar-refractivity contribution < 1.29 is 4.79 Å². The van der Waals surface area contributed by atoms with Crippen LogP contribution in [0.3, 0.4) is 0 Å². The highest BCUT2D eigenvalue weighted by Gasteiger charge is 2.21. The smallest absolute Gasteiger partial charge is 0.319 e. The zero-order valence-corrected chi connectivity index (χ0v) is 23.0. The summed E-state index contributed by atoms with van der Waals surface area (Å²) in [5.74, 6) is 0. The largest absolute Gasteiger partial charge is 0.335 e. The number of carbonyl (C=O) groups excluding carboxylic acids is 1. The van der Waals surface area contributed by atoms with Gasteiger partial charge in [-0.05, 0) is 60.7 Å². The molecule has 7 nitrogen and oxygen atoms in total. The van der Waals surface area contributed by atoms with E-state index >= 15 is 0 Å². The maximum atomic E-state index is 12.8. The topological polar surface area (TPSA) is 73.4 Å². The molecule has 1 saturated heterocycles. The summed E-state index contributed by atoms with van der Waals surface area (Å²) in [7, 11) is 0. The lowest BCUT2D eigenvalue weighted by Crippen LogP contribution is -2.46. The maximum absolute atomic E-state index is 12.8. The molecule has 0 saturated carbocycles. The quantitative estimate of drug-likeness (QED) is 0.254. The molecule has 0 atom stereocenters. The van der Waals surface area contributed by atoms with Crippen LogP contribution in [0.4, 0.5) is 10.5 Å². The monoisotopic (exact) mass is 534 g/mol. The van der Waals surface area contributed by atoms with Gasteiger partial charge in [-0.2, -0.15) is 0 Å². The number of para-hydroxylation sites is 1. The molecular formula is C33H38N6O. The molecule has 0 radical (unpaired) electrons. The van der Waals surface area contributed by atoms with Gasteiger partial charge in [0.1, 0.15) is 0 Å². The highest BCUT2D eigenvalue weighted by molar-refractivity contribution is 5.94. The molecule has 1 aliphatic rings. The lowest BCUT2D eigenvalue weighted by atomic mass is 10.0. The number of nitrogens with zero attached hydrogens (tertiary/aromatic N) is 4. The predicted octanol–water partition coefficient (Wildman–Crippen LogP) is 5.82. The van der Waals surface area contributed by atoms with Crippen molar-refractivity contribution >= 4 is 11.7 Å². The molecule has 2 aromatic carbocycles. The van der Waals surface area contributed by atoms with Gasteiger partial charge in [-0.15, -0.1) is 0 Å². The molecule has 3 heterocycles. The van der Waals surface area contributed by atoms with Gasteiger partial charge in [-0.25, -0.2) is 4.79 Å². The van der Waals surface area contributed by atoms with Crippen molar-refractivity contribution in [1.82, 2.24) is 25.1 Å². The zero-order valence-electron chi connectivity index (χ0n) is 23.0. The Morgan fingerprint density at radius 2 is 1.48 bits per heavy atom. The second kappa shape index (κ2) is 14.4. The highest BCUT2D eigenvalue weighted by atomic mass is 16.2. The minimum atomic E-state index is -0.136. The van der Waals surface area contributed by atoms with E-state index in [2.05, 4.69) is 54.7 Å². The predicted molar refractivity (Wildman–Crippen MR) is 161 cm³/mol. The average molecular weight is 535 g/mol. The van der Waals surface area contributed by atoms with Gasteiger partial charge < -0.3 is 15.5 Å². The van der Waals surface area contributed by atoms with Crippen molar-refractivity contribution in [3.8, 4) is 11.1 Å². The fraction of sp³-hybridized carbons (Fsp3) is 0.303. The molecule has 0 spiro atoms. The number of carbonyl (C=O) groups is 1. The molecule has 206 valence electrons. The summed E-state index contributed by atoms with van der Waals surface area (Å²) < 4.78 is 0. The molecule has 7 heteroatoms.